The van der Waals surface area contributed by atoms with Gasteiger partial charge in [-0.05, 0) is 62.3 Å². The largest absolute Gasteiger partial charge is 0.445 e. The number of fused-ring (bicyclic) bond motifs is 1. The van der Waals surface area contributed by atoms with Crippen LogP contribution < -0.4 is 9.62 Å². The highest BCUT2D eigenvalue weighted by Gasteiger charge is 2.35. The molecule has 0 radical (unpaired) electrons. The lowest BCUT2D eigenvalue weighted by Gasteiger charge is -2.34. The van der Waals surface area contributed by atoms with E-state index in [1.165, 1.54) is 4.90 Å². The van der Waals surface area contributed by atoms with Crippen LogP contribution in [0.3, 0.4) is 0 Å². The molecule has 0 bridgehead atoms. The number of nitrogens with zero attached hydrogens (tertiary/aromatic N) is 5. The summed E-state index contributed by atoms with van der Waals surface area (Å²) in [7, 11) is -2.34. The molecule has 49 heavy (non-hydrogen) atoms. The van der Waals surface area contributed by atoms with Gasteiger partial charge < -0.3 is 19.3 Å². The van der Waals surface area contributed by atoms with Crippen molar-refractivity contribution in [1.82, 2.24) is 24.4 Å². The van der Waals surface area contributed by atoms with Crippen molar-refractivity contribution in [1.29, 1.82) is 0 Å². The molecule has 2 aliphatic heterocycles. The van der Waals surface area contributed by atoms with Crippen LogP contribution in [0.4, 0.5) is 10.5 Å². The number of anilines is 1. The first-order valence-corrected chi connectivity index (χ1v) is 18.6. The number of nitrogens with one attached hydrogen (secondary N) is 1. The Kier molecular flexibility index (Phi) is 9.55. The first-order chi connectivity index (χ1) is 23.8. The highest BCUT2D eigenvalue weighted by molar-refractivity contribution is 7.90. The van der Waals surface area contributed by atoms with E-state index < -0.39 is 27.3 Å². The van der Waals surface area contributed by atoms with Crippen LogP contribution >= 0.6 is 0 Å². The summed E-state index contributed by atoms with van der Waals surface area (Å²) < 4.78 is 42.3. The van der Waals surface area contributed by atoms with Crippen LogP contribution in [0.25, 0.3) is 16.7 Å². The van der Waals surface area contributed by atoms with Gasteiger partial charge in [-0.2, -0.15) is 5.10 Å². The lowest BCUT2D eigenvalue weighted by Crippen LogP contribution is -2.47. The maximum absolute atomic E-state index is 13.8. The molecule has 2 saturated heterocycles. The number of amides is 2. The summed E-state index contributed by atoms with van der Waals surface area (Å²) in [5.41, 5.74) is 4.04. The average Bonchev–Trinajstić information content (AvgIpc) is 3.49. The SMILES string of the molecule is COC1CCN(c2cc(C(=O)NS(=O)(=O)C3CCN(C(=O)OCc4ccccc4)CC3)nc3c2c(C2CCC2)nn3-c2ccccc2)CC1. The van der Waals surface area contributed by atoms with Crippen LogP contribution in [0.1, 0.15) is 72.6 Å². The Morgan fingerprint density at radius 1 is 0.898 bits per heavy atom. The van der Waals surface area contributed by atoms with Gasteiger partial charge in [0.2, 0.25) is 10.0 Å². The van der Waals surface area contributed by atoms with Gasteiger partial charge in [-0.3, -0.25) is 4.79 Å². The third kappa shape index (κ3) is 7.00. The molecule has 1 aliphatic carbocycles. The summed E-state index contributed by atoms with van der Waals surface area (Å²) in [6, 6.07) is 20.8. The number of hydrogen-bond donors (Lipinski definition) is 1. The van der Waals surface area contributed by atoms with Crippen molar-refractivity contribution in [2.45, 2.75) is 68.8 Å². The zero-order valence-electron chi connectivity index (χ0n) is 27.7. The topological polar surface area (TPSA) is 136 Å². The molecule has 4 heterocycles. The zero-order valence-corrected chi connectivity index (χ0v) is 28.5. The van der Waals surface area contributed by atoms with Crippen LogP contribution in [-0.4, -0.2) is 84.7 Å². The number of rotatable bonds is 9. The zero-order chi connectivity index (χ0) is 34.0. The Morgan fingerprint density at radius 2 is 1.57 bits per heavy atom. The summed E-state index contributed by atoms with van der Waals surface area (Å²) in [5, 5.41) is 5.15. The minimum absolute atomic E-state index is 0.0131. The number of para-hydroxylation sites is 1. The summed E-state index contributed by atoms with van der Waals surface area (Å²) in [5.74, 6) is -0.489. The summed E-state index contributed by atoms with van der Waals surface area (Å²) >= 11 is 0. The fourth-order valence-electron chi connectivity index (χ4n) is 6.96. The van der Waals surface area contributed by atoms with E-state index in [1.54, 1.807) is 17.9 Å². The smallest absolute Gasteiger partial charge is 0.410 e. The Balaban J connectivity index is 1.13. The standard InChI is InChI=1S/C36H42N6O6S/c1-47-28-15-19-40(20-16-28)31-23-30(37-34-32(31)33(26-11-8-12-26)38-42(34)27-13-6-3-7-14-27)35(43)39-49(45,46)29-17-21-41(22-18-29)36(44)48-24-25-9-4-2-5-10-25/h2-7,9-10,13-14,23,26,28-29H,8,11-12,15-22,24H2,1H3,(H,39,43). The van der Waals surface area contributed by atoms with Gasteiger partial charge in [0, 0.05) is 39.2 Å². The highest BCUT2D eigenvalue weighted by atomic mass is 32.2. The fraction of sp³-hybridized carbons (Fsp3) is 0.444. The van der Waals surface area contributed by atoms with E-state index in [4.69, 9.17) is 19.6 Å². The van der Waals surface area contributed by atoms with Crippen LogP contribution in [0.2, 0.25) is 0 Å². The predicted molar refractivity (Wildman–Crippen MR) is 185 cm³/mol. The third-order valence-corrected chi connectivity index (χ3v) is 11.9. The molecule has 7 rings (SSSR count). The Hall–Kier alpha value is -4.49. The molecule has 1 N–H and O–H groups in total. The minimum atomic E-state index is -4.07. The van der Waals surface area contributed by atoms with Gasteiger partial charge in [0.05, 0.1) is 33.8 Å². The second-order valence-electron chi connectivity index (χ2n) is 13.1. The van der Waals surface area contributed by atoms with Gasteiger partial charge in [-0.1, -0.05) is 55.0 Å². The van der Waals surface area contributed by atoms with E-state index >= 15 is 0 Å². The van der Waals surface area contributed by atoms with Crippen LogP contribution in [0.15, 0.2) is 66.7 Å². The van der Waals surface area contributed by atoms with Crippen molar-refractivity contribution >= 4 is 38.7 Å². The summed E-state index contributed by atoms with van der Waals surface area (Å²) in [4.78, 5) is 35.0. The monoisotopic (exact) mass is 686 g/mol. The first-order valence-electron chi connectivity index (χ1n) is 17.1. The number of carbonyl (C=O) groups excluding carboxylic acids is 2. The second-order valence-corrected chi connectivity index (χ2v) is 15.1. The molecule has 2 aromatic carbocycles. The number of piperidine rings is 2. The molecule has 2 aromatic heterocycles. The number of aromatic nitrogens is 3. The number of likely N-dealkylation sites (tertiary alicyclic amines) is 1. The van der Waals surface area contributed by atoms with Crippen molar-refractivity contribution in [3.63, 3.8) is 0 Å². The molecular weight excluding hydrogens is 644 g/mol. The molecule has 3 fully saturated rings. The van der Waals surface area contributed by atoms with Gasteiger partial charge in [0.1, 0.15) is 12.3 Å². The van der Waals surface area contributed by atoms with Gasteiger partial charge in [0.15, 0.2) is 5.65 Å². The molecule has 1 saturated carbocycles. The number of benzene rings is 2. The molecule has 258 valence electrons. The molecular formula is C36H42N6O6S. The Labute approximate surface area is 286 Å². The minimum Gasteiger partial charge on any atom is -0.445 e. The second kappa shape index (κ2) is 14.2. The van der Waals surface area contributed by atoms with E-state index in [9.17, 15) is 18.0 Å². The third-order valence-electron chi connectivity index (χ3n) is 10.1. The van der Waals surface area contributed by atoms with E-state index in [0.717, 1.165) is 73.2 Å². The van der Waals surface area contributed by atoms with Crippen LogP contribution in [0.5, 0.6) is 0 Å². The van der Waals surface area contributed by atoms with Gasteiger partial charge >= 0.3 is 6.09 Å². The number of carbonyl (C=O) groups is 2. The Morgan fingerprint density at radius 3 is 2.20 bits per heavy atom. The van der Waals surface area contributed by atoms with Crippen molar-refractivity contribution in [3.05, 3.63) is 83.7 Å². The van der Waals surface area contributed by atoms with E-state index in [0.29, 0.717) is 11.6 Å². The van der Waals surface area contributed by atoms with Crippen molar-refractivity contribution in [2.75, 3.05) is 38.2 Å². The lowest BCUT2D eigenvalue weighted by atomic mass is 9.82. The summed E-state index contributed by atoms with van der Waals surface area (Å²) in [6.45, 7) is 2.01. The predicted octanol–water partition coefficient (Wildman–Crippen LogP) is 5.16. The van der Waals surface area contributed by atoms with Crippen LogP contribution in [-0.2, 0) is 26.1 Å². The molecule has 0 spiro atoms. The average molecular weight is 687 g/mol. The molecule has 2 amide bonds. The number of sulfonamides is 1. The van der Waals surface area contributed by atoms with Crippen molar-refractivity contribution in [2.24, 2.45) is 0 Å². The Bertz CT molecular complexity index is 1900. The maximum atomic E-state index is 13.8. The highest BCUT2D eigenvalue weighted by Crippen LogP contribution is 2.43. The molecule has 4 aromatic rings. The van der Waals surface area contributed by atoms with Gasteiger partial charge in [-0.15, -0.1) is 0 Å². The first kappa shape index (κ1) is 33.0. The normalized spacial score (nSPS) is 18.0. The maximum Gasteiger partial charge on any atom is 0.410 e. The van der Waals surface area contributed by atoms with Crippen molar-refractivity contribution < 1.29 is 27.5 Å². The number of hydrogen-bond acceptors (Lipinski definition) is 9. The molecule has 0 unspecified atom stereocenters. The quantitative estimate of drug-likeness (QED) is 0.253. The molecule has 0 atom stereocenters. The van der Waals surface area contributed by atoms with Gasteiger partial charge in [-0.25, -0.2) is 27.6 Å². The molecule has 3 aliphatic rings. The number of ether oxygens (including phenoxy) is 2. The molecule has 13 heteroatoms. The van der Waals surface area contributed by atoms with Crippen molar-refractivity contribution in [3.8, 4) is 5.69 Å². The summed E-state index contributed by atoms with van der Waals surface area (Å²) in [6.07, 6.45) is 4.92. The van der Waals surface area contributed by atoms with Gasteiger partial charge in [0.25, 0.3) is 5.91 Å². The van der Waals surface area contributed by atoms with E-state index in [1.807, 2.05) is 60.7 Å². The van der Waals surface area contributed by atoms with Crippen LogP contribution in [0, 0.1) is 0 Å². The number of methoxy groups -OCH3 is 1. The fourth-order valence-corrected chi connectivity index (χ4v) is 8.32. The van der Waals surface area contributed by atoms with E-state index in [2.05, 4.69) is 9.62 Å². The number of pyridine rings is 1. The lowest BCUT2D eigenvalue weighted by molar-refractivity contribution is 0.0819. The van der Waals surface area contributed by atoms with E-state index in [-0.39, 0.29) is 44.3 Å². The molecule has 12 nitrogen and oxygen atoms in total.